The molecule has 7 heteroatoms. The zero-order valence-corrected chi connectivity index (χ0v) is 9.10. The maximum absolute atomic E-state index is 11.2. The van der Waals surface area contributed by atoms with Crippen molar-refractivity contribution in [2.75, 3.05) is 5.32 Å². The molecule has 16 heavy (non-hydrogen) atoms. The molecule has 0 fully saturated rings. The van der Waals surface area contributed by atoms with Gasteiger partial charge in [0.2, 0.25) is 0 Å². The number of anilines is 1. The maximum atomic E-state index is 11.2. The van der Waals surface area contributed by atoms with Crippen LogP contribution in [0.25, 0.3) is 0 Å². The molecular formula is C9H12N2O5. The lowest BCUT2D eigenvalue weighted by molar-refractivity contribution is 0.0629. The predicted octanol–water partition coefficient (Wildman–Crippen LogP) is 1.72. The number of amides is 1. The van der Waals surface area contributed by atoms with Gasteiger partial charge in [0.05, 0.1) is 0 Å². The first kappa shape index (κ1) is 12.0. The van der Waals surface area contributed by atoms with E-state index in [4.69, 9.17) is 14.3 Å². The third-order valence-corrected chi connectivity index (χ3v) is 1.33. The topological polar surface area (TPSA) is 102 Å². The Morgan fingerprint density at radius 3 is 2.56 bits per heavy atom. The van der Waals surface area contributed by atoms with Gasteiger partial charge in [-0.2, -0.15) is 4.98 Å². The minimum absolute atomic E-state index is 0.216. The van der Waals surface area contributed by atoms with Crippen LogP contribution in [0.15, 0.2) is 10.7 Å². The van der Waals surface area contributed by atoms with Gasteiger partial charge in [-0.05, 0) is 20.8 Å². The van der Waals surface area contributed by atoms with Crippen molar-refractivity contribution in [2.24, 2.45) is 0 Å². The molecule has 0 aliphatic carbocycles. The fourth-order valence-electron chi connectivity index (χ4n) is 0.820. The Morgan fingerprint density at radius 1 is 1.50 bits per heavy atom. The van der Waals surface area contributed by atoms with Crippen molar-refractivity contribution >= 4 is 18.1 Å². The van der Waals surface area contributed by atoms with E-state index in [1.165, 1.54) is 0 Å². The van der Waals surface area contributed by atoms with Crippen molar-refractivity contribution in [3.63, 3.8) is 0 Å². The van der Waals surface area contributed by atoms with E-state index in [9.17, 15) is 9.59 Å². The van der Waals surface area contributed by atoms with Gasteiger partial charge in [-0.1, -0.05) is 0 Å². The van der Waals surface area contributed by atoms with Gasteiger partial charge in [0, 0.05) is 0 Å². The second-order valence-electron chi connectivity index (χ2n) is 3.97. The summed E-state index contributed by atoms with van der Waals surface area (Å²) >= 11 is 0. The van der Waals surface area contributed by atoms with Crippen molar-refractivity contribution in [2.45, 2.75) is 26.4 Å². The molecule has 88 valence electrons. The van der Waals surface area contributed by atoms with Crippen LogP contribution in [-0.2, 0) is 4.74 Å². The summed E-state index contributed by atoms with van der Waals surface area (Å²) in [5.74, 6) is -1.24. The van der Waals surface area contributed by atoms with E-state index in [-0.39, 0.29) is 11.7 Å². The van der Waals surface area contributed by atoms with Gasteiger partial charge in [0.15, 0.2) is 5.69 Å². The van der Waals surface area contributed by atoms with Crippen LogP contribution in [0, 0.1) is 0 Å². The number of carboxylic acid groups (broad SMARTS) is 1. The highest BCUT2D eigenvalue weighted by Gasteiger charge is 2.18. The molecule has 1 aromatic heterocycles. The molecule has 0 aliphatic heterocycles. The molecule has 0 spiro atoms. The molecule has 1 heterocycles. The van der Waals surface area contributed by atoms with E-state index in [2.05, 4.69) is 10.3 Å². The number of carbonyl (C=O) groups is 2. The number of rotatable bonds is 2. The predicted molar refractivity (Wildman–Crippen MR) is 53.3 cm³/mol. The highest BCUT2D eigenvalue weighted by Crippen LogP contribution is 2.11. The first-order valence-corrected chi connectivity index (χ1v) is 4.47. The summed E-state index contributed by atoms with van der Waals surface area (Å²) in [6.45, 7) is 5.10. The van der Waals surface area contributed by atoms with Crippen molar-refractivity contribution in [1.29, 1.82) is 0 Å². The number of oxazole rings is 1. The zero-order chi connectivity index (χ0) is 12.3. The number of nitrogens with zero attached hydrogens (tertiary/aromatic N) is 1. The van der Waals surface area contributed by atoms with E-state index in [0.717, 1.165) is 6.26 Å². The van der Waals surface area contributed by atoms with Gasteiger partial charge >= 0.3 is 18.1 Å². The smallest absolute Gasteiger partial charge is 0.415 e. The Morgan fingerprint density at radius 2 is 2.12 bits per heavy atom. The highest BCUT2D eigenvalue weighted by molar-refractivity contribution is 5.87. The minimum Gasteiger partial charge on any atom is -0.476 e. The van der Waals surface area contributed by atoms with Crippen molar-refractivity contribution in [3.8, 4) is 0 Å². The molecule has 0 atom stereocenters. The van der Waals surface area contributed by atoms with Crippen LogP contribution >= 0.6 is 0 Å². The van der Waals surface area contributed by atoms with Gasteiger partial charge < -0.3 is 14.3 Å². The molecular weight excluding hydrogens is 216 g/mol. The fraction of sp³-hybridized carbons (Fsp3) is 0.444. The second-order valence-corrected chi connectivity index (χ2v) is 3.97. The van der Waals surface area contributed by atoms with Crippen LogP contribution in [0.1, 0.15) is 31.3 Å². The summed E-state index contributed by atoms with van der Waals surface area (Å²) in [4.78, 5) is 25.2. The molecule has 0 radical (unpaired) electrons. The van der Waals surface area contributed by atoms with E-state index in [1.807, 2.05) is 0 Å². The van der Waals surface area contributed by atoms with Crippen LogP contribution < -0.4 is 5.32 Å². The van der Waals surface area contributed by atoms with Crippen LogP contribution in [0.4, 0.5) is 10.8 Å². The number of ether oxygens (including phenoxy) is 1. The molecule has 0 aliphatic rings. The third-order valence-electron chi connectivity index (χ3n) is 1.33. The Kier molecular flexibility index (Phi) is 3.17. The first-order chi connectivity index (χ1) is 7.28. The molecule has 0 aromatic carbocycles. The maximum Gasteiger partial charge on any atom is 0.415 e. The Balaban J connectivity index is 2.60. The van der Waals surface area contributed by atoms with Crippen LogP contribution in [-0.4, -0.2) is 27.8 Å². The molecule has 1 aromatic rings. The van der Waals surface area contributed by atoms with Gasteiger partial charge in [-0.25, -0.2) is 14.9 Å². The number of aromatic carboxylic acids is 1. The average Bonchev–Trinajstić information content (AvgIpc) is 2.48. The normalized spacial score (nSPS) is 10.9. The number of carbonyl (C=O) groups excluding carboxylic acids is 1. The van der Waals surface area contributed by atoms with E-state index >= 15 is 0 Å². The molecule has 2 N–H and O–H groups in total. The number of nitrogens with one attached hydrogen (secondary N) is 1. The Hall–Kier alpha value is -2.05. The fourth-order valence-corrected chi connectivity index (χ4v) is 0.820. The lowest BCUT2D eigenvalue weighted by Crippen LogP contribution is -2.27. The van der Waals surface area contributed by atoms with E-state index in [0.29, 0.717) is 0 Å². The molecule has 0 bridgehead atoms. The summed E-state index contributed by atoms with van der Waals surface area (Å²) < 4.78 is 9.62. The Bertz CT molecular complexity index is 404. The summed E-state index contributed by atoms with van der Waals surface area (Å²) in [5.41, 5.74) is -0.933. The lowest BCUT2D eigenvalue weighted by atomic mass is 10.2. The molecule has 0 saturated heterocycles. The highest BCUT2D eigenvalue weighted by atomic mass is 16.6. The van der Waals surface area contributed by atoms with Crippen molar-refractivity contribution in [1.82, 2.24) is 4.98 Å². The Labute approximate surface area is 91.4 Å². The summed E-state index contributed by atoms with van der Waals surface area (Å²) in [6.07, 6.45) is 0.168. The van der Waals surface area contributed by atoms with E-state index < -0.39 is 17.7 Å². The molecule has 0 saturated carbocycles. The van der Waals surface area contributed by atoms with Gasteiger partial charge in [0.25, 0.3) is 0 Å². The third kappa shape index (κ3) is 3.60. The standard InChI is InChI=1S/C9H12N2O5/c1-9(2,3)16-8(14)11-7-10-5(4-15-7)6(12)13/h4H,1-3H3,(H,12,13)(H,10,11,14). The van der Waals surface area contributed by atoms with Crippen LogP contribution in [0.3, 0.4) is 0 Å². The first-order valence-electron chi connectivity index (χ1n) is 4.47. The van der Waals surface area contributed by atoms with Gasteiger partial charge in [-0.15, -0.1) is 0 Å². The molecule has 7 nitrogen and oxygen atoms in total. The summed E-state index contributed by atoms with van der Waals surface area (Å²) in [5, 5.41) is 10.7. The molecule has 1 rings (SSSR count). The number of hydrogen-bond donors (Lipinski definition) is 2. The number of aromatic nitrogens is 1. The SMILES string of the molecule is CC(C)(C)OC(=O)Nc1nc(C(=O)O)co1. The average molecular weight is 228 g/mol. The lowest BCUT2D eigenvalue weighted by Gasteiger charge is -2.18. The second kappa shape index (κ2) is 4.21. The van der Waals surface area contributed by atoms with Crippen LogP contribution in [0.2, 0.25) is 0 Å². The van der Waals surface area contributed by atoms with Crippen LogP contribution in [0.5, 0.6) is 0 Å². The van der Waals surface area contributed by atoms with Gasteiger partial charge in [-0.3, -0.25) is 0 Å². The monoisotopic (exact) mass is 228 g/mol. The summed E-state index contributed by atoms with van der Waals surface area (Å²) in [7, 11) is 0. The molecule has 1 amide bonds. The van der Waals surface area contributed by atoms with Gasteiger partial charge in [0.1, 0.15) is 11.9 Å². The molecule has 0 unspecified atom stereocenters. The number of hydrogen-bond acceptors (Lipinski definition) is 5. The zero-order valence-electron chi connectivity index (χ0n) is 9.10. The summed E-state index contributed by atoms with van der Waals surface area (Å²) in [6, 6.07) is -0.216. The number of carboxylic acids is 1. The van der Waals surface area contributed by atoms with Crippen molar-refractivity contribution in [3.05, 3.63) is 12.0 Å². The largest absolute Gasteiger partial charge is 0.476 e. The minimum atomic E-state index is -1.24. The quantitative estimate of drug-likeness (QED) is 0.799. The van der Waals surface area contributed by atoms with E-state index in [1.54, 1.807) is 20.8 Å². The van der Waals surface area contributed by atoms with Crippen molar-refractivity contribution < 1.29 is 23.8 Å².